The van der Waals surface area contributed by atoms with E-state index in [-0.39, 0.29) is 48.1 Å². The van der Waals surface area contributed by atoms with Crippen LogP contribution in [0.1, 0.15) is 20.8 Å². The maximum Gasteiger partial charge on any atom is 0.410 e. The Hall–Kier alpha value is -1.31. The number of amides is 1. The van der Waals surface area contributed by atoms with E-state index in [4.69, 9.17) is 22.1 Å². The molecular weight excluding hydrogens is 545 g/mol. The molecule has 1 saturated heterocycles. The first-order chi connectivity index (χ1) is 13.5. The maximum absolute atomic E-state index is 12.2. The largest absolute Gasteiger partial charge is 0.444 e. The lowest BCUT2D eigenvalue weighted by Crippen LogP contribution is -2.53. The SMILES string of the molecule is CC(C)(C)OC(=O)N1CCN(C(N)=NCCNS(=O)(=O)c2cccc(Cl)c2)CC1.I. The number of nitrogens with zero attached hydrogens (tertiary/aromatic N) is 3. The fraction of sp³-hybridized carbons (Fsp3) is 0.556. The molecule has 3 N–H and O–H groups in total. The van der Waals surface area contributed by atoms with Crippen molar-refractivity contribution in [3.05, 3.63) is 29.3 Å². The van der Waals surface area contributed by atoms with Gasteiger partial charge in [0.15, 0.2) is 5.96 Å². The second kappa shape index (κ2) is 11.3. The number of piperazine rings is 1. The predicted octanol–water partition coefficient (Wildman–Crippen LogP) is 2.10. The van der Waals surface area contributed by atoms with Crippen LogP contribution in [0.3, 0.4) is 0 Å². The highest BCUT2D eigenvalue weighted by Gasteiger charge is 2.26. The molecule has 1 amide bonds. The highest BCUT2D eigenvalue weighted by Crippen LogP contribution is 2.15. The van der Waals surface area contributed by atoms with Crippen molar-refractivity contribution in [2.24, 2.45) is 10.7 Å². The van der Waals surface area contributed by atoms with Crippen LogP contribution in [0.25, 0.3) is 0 Å². The monoisotopic (exact) mass is 573 g/mol. The fourth-order valence-corrected chi connectivity index (χ4v) is 3.93. The van der Waals surface area contributed by atoms with Crippen LogP contribution in [-0.2, 0) is 14.8 Å². The maximum atomic E-state index is 12.2. The van der Waals surface area contributed by atoms with Gasteiger partial charge in [0.1, 0.15) is 5.60 Å². The van der Waals surface area contributed by atoms with Gasteiger partial charge in [0, 0.05) is 37.7 Å². The summed E-state index contributed by atoms with van der Waals surface area (Å²) in [6.07, 6.45) is -0.344. The molecule has 1 aromatic carbocycles. The third-order valence-electron chi connectivity index (χ3n) is 4.04. The van der Waals surface area contributed by atoms with E-state index in [0.29, 0.717) is 37.2 Å². The van der Waals surface area contributed by atoms with E-state index in [0.717, 1.165) is 0 Å². The Kier molecular flexibility index (Phi) is 10.1. The molecule has 0 aromatic heterocycles. The number of rotatable bonds is 5. The molecule has 30 heavy (non-hydrogen) atoms. The zero-order valence-corrected chi connectivity index (χ0v) is 21.2. The Morgan fingerprint density at radius 1 is 1.23 bits per heavy atom. The van der Waals surface area contributed by atoms with Crippen molar-refractivity contribution in [3.8, 4) is 0 Å². The third kappa shape index (κ3) is 8.44. The van der Waals surface area contributed by atoms with Crippen molar-refractivity contribution < 1.29 is 17.9 Å². The highest BCUT2D eigenvalue weighted by atomic mass is 127. The van der Waals surface area contributed by atoms with Crippen LogP contribution in [0, 0.1) is 0 Å². The average molecular weight is 574 g/mol. The van der Waals surface area contributed by atoms with Crippen molar-refractivity contribution >= 4 is 57.7 Å². The summed E-state index contributed by atoms with van der Waals surface area (Å²) in [6.45, 7) is 7.79. The van der Waals surface area contributed by atoms with Crippen LogP contribution in [-0.4, -0.2) is 75.1 Å². The molecule has 0 unspecified atom stereocenters. The molecule has 9 nitrogen and oxygen atoms in total. The quantitative estimate of drug-likeness (QED) is 0.241. The minimum Gasteiger partial charge on any atom is -0.444 e. The molecule has 0 radical (unpaired) electrons. The van der Waals surface area contributed by atoms with Crippen LogP contribution in [0.15, 0.2) is 34.2 Å². The lowest BCUT2D eigenvalue weighted by molar-refractivity contribution is 0.0186. The summed E-state index contributed by atoms with van der Waals surface area (Å²) in [5.41, 5.74) is 5.46. The van der Waals surface area contributed by atoms with E-state index in [9.17, 15) is 13.2 Å². The molecule has 0 atom stereocenters. The number of aliphatic imine (C=N–C) groups is 1. The summed E-state index contributed by atoms with van der Waals surface area (Å²) in [4.78, 5) is 19.9. The first kappa shape index (κ1) is 26.7. The van der Waals surface area contributed by atoms with Crippen LogP contribution in [0.2, 0.25) is 5.02 Å². The number of hydrogen-bond acceptors (Lipinski definition) is 5. The molecule has 0 spiro atoms. The van der Waals surface area contributed by atoms with Crippen LogP contribution >= 0.6 is 35.6 Å². The van der Waals surface area contributed by atoms with Gasteiger partial charge in [0.25, 0.3) is 0 Å². The molecule has 12 heteroatoms. The minimum absolute atomic E-state index is 0. The van der Waals surface area contributed by atoms with Gasteiger partial charge in [-0.2, -0.15) is 0 Å². The minimum atomic E-state index is -3.65. The first-order valence-electron chi connectivity index (χ1n) is 9.26. The van der Waals surface area contributed by atoms with Gasteiger partial charge in [-0.05, 0) is 39.0 Å². The lowest BCUT2D eigenvalue weighted by atomic mass is 10.2. The molecule has 170 valence electrons. The van der Waals surface area contributed by atoms with Crippen molar-refractivity contribution in [2.75, 3.05) is 39.3 Å². The number of halogens is 2. The zero-order valence-electron chi connectivity index (χ0n) is 17.3. The fourth-order valence-electron chi connectivity index (χ4n) is 2.61. The van der Waals surface area contributed by atoms with Crippen molar-refractivity contribution in [1.82, 2.24) is 14.5 Å². The number of carbonyl (C=O) groups excluding carboxylic acids is 1. The van der Waals surface area contributed by atoms with Gasteiger partial charge in [-0.25, -0.2) is 17.9 Å². The molecule has 1 aliphatic rings. The van der Waals surface area contributed by atoms with E-state index in [1.807, 2.05) is 25.7 Å². The third-order valence-corrected chi connectivity index (χ3v) is 5.73. The normalized spacial score (nSPS) is 15.5. The van der Waals surface area contributed by atoms with Crippen molar-refractivity contribution in [2.45, 2.75) is 31.3 Å². The van der Waals surface area contributed by atoms with E-state index in [2.05, 4.69) is 9.71 Å². The first-order valence-corrected chi connectivity index (χ1v) is 11.1. The molecule has 2 rings (SSSR count). The van der Waals surface area contributed by atoms with Gasteiger partial charge >= 0.3 is 6.09 Å². The predicted molar refractivity (Wildman–Crippen MR) is 128 cm³/mol. The Bertz CT molecular complexity index is 852. The molecule has 1 fully saturated rings. The van der Waals surface area contributed by atoms with Gasteiger partial charge in [0.2, 0.25) is 10.0 Å². The van der Waals surface area contributed by atoms with Gasteiger partial charge in [-0.1, -0.05) is 17.7 Å². The summed E-state index contributed by atoms with van der Waals surface area (Å²) in [7, 11) is -3.65. The second-order valence-corrected chi connectivity index (χ2v) is 9.75. The molecule has 1 aliphatic heterocycles. The molecule has 0 aliphatic carbocycles. The lowest BCUT2D eigenvalue weighted by Gasteiger charge is -2.36. The highest BCUT2D eigenvalue weighted by molar-refractivity contribution is 14.0. The number of carbonyl (C=O) groups is 1. The van der Waals surface area contributed by atoms with E-state index < -0.39 is 15.6 Å². The van der Waals surface area contributed by atoms with Gasteiger partial charge < -0.3 is 20.3 Å². The molecular formula is C18H29ClIN5O4S. The molecule has 0 saturated carbocycles. The van der Waals surface area contributed by atoms with Crippen molar-refractivity contribution in [3.63, 3.8) is 0 Å². The number of benzene rings is 1. The van der Waals surface area contributed by atoms with Crippen molar-refractivity contribution in [1.29, 1.82) is 0 Å². The van der Waals surface area contributed by atoms with Crippen LogP contribution in [0.5, 0.6) is 0 Å². The Labute approximate surface area is 200 Å². The summed E-state index contributed by atoms with van der Waals surface area (Å²) in [5, 5.41) is 0.348. The average Bonchev–Trinajstić information content (AvgIpc) is 2.64. The van der Waals surface area contributed by atoms with Gasteiger partial charge in [0.05, 0.1) is 11.4 Å². The van der Waals surface area contributed by atoms with E-state index in [1.54, 1.807) is 17.0 Å². The Morgan fingerprint density at radius 3 is 2.40 bits per heavy atom. The standard InChI is InChI=1S/C18H28ClN5O4S.HI/c1-18(2,3)28-17(25)24-11-9-23(10-12-24)16(20)21-7-8-22-29(26,27)15-6-4-5-14(19)13-15;/h4-6,13,22H,7-12H2,1-3H3,(H2,20,21);1H. The number of ether oxygens (including phenoxy) is 1. The van der Waals surface area contributed by atoms with Gasteiger partial charge in [-0.3, -0.25) is 4.99 Å². The molecule has 1 heterocycles. The van der Waals surface area contributed by atoms with Gasteiger partial charge in [-0.15, -0.1) is 24.0 Å². The summed E-state index contributed by atoms with van der Waals surface area (Å²) in [5.74, 6) is 0.316. The van der Waals surface area contributed by atoms with Crippen LogP contribution in [0.4, 0.5) is 4.79 Å². The van der Waals surface area contributed by atoms with Crippen LogP contribution < -0.4 is 10.5 Å². The molecule has 1 aromatic rings. The number of sulfonamides is 1. The second-order valence-electron chi connectivity index (χ2n) is 7.55. The Balaban J connectivity index is 0.00000450. The summed E-state index contributed by atoms with van der Waals surface area (Å²) >= 11 is 5.83. The van der Waals surface area contributed by atoms with E-state index in [1.165, 1.54) is 12.1 Å². The smallest absolute Gasteiger partial charge is 0.410 e. The number of nitrogens with one attached hydrogen (secondary N) is 1. The number of nitrogens with two attached hydrogens (primary N) is 1. The molecule has 0 bridgehead atoms. The number of hydrogen-bond donors (Lipinski definition) is 2. The topological polar surface area (TPSA) is 117 Å². The summed E-state index contributed by atoms with van der Waals surface area (Å²) in [6, 6.07) is 6.03. The Morgan fingerprint density at radius 2 is 1.83 bits per heavy atom. The zero-order chi connectivity index (χ0) is 21.7. The van der Waals surface area contributed by atoms with E-state index >= 15 is 0 Å². The number of guanidine groups is 1. The summed E-state index contributed by atoms with van der Waals surface area (Å²) < 4.78 is 32.3.